The topological polar surface area (TPSA) is 85.4 Å². The summed E-state index contributed by atoms with van der Waals surface area (Å²) in [6.45, 7) is 3.55. The van der Waals surface area contributed by atoms with Gasteiger partial charge < -0.3 is 4.74 Å². The van der Waals surface area contributed by atoms with E-state index in [4.69, 9.17) is 4.74 Å². The number of pyridine rings is 1. The number of sulfonamides is 1. The molecule has 1 aromatic heterocycles. The zero-order chi connectivity index (χ0) is 28.2. The van der Waals surface area contributed by atoms with E-state index in [9.17, 15) is 26.4 Å². The summed E-state index contributed by atoms with van der Waals surface area (Å²) in [6.07, 6.45) is -4.68. The van der Waals surface area contributed by atoms with Crippen LogP contribution in [-0.4, -0.2) is 26.4 Å². The van der Waals surface area contributed by atoms with Gasteiger partial charge >= 0.3 is 6.18 Å². The number of hydrogen-bond donors (Lipinski definition) is 1. The first-order chi connectivity index (χ1) is 18.4. The van der Waals surface area contributed by atoms with Gasteiger partial charge in [-0.25, -0.2) is 13.1 Å². The Labute approximate surface area is 223 Å². The minimum absolute atomic E-state index is 0.0302. The number of halogens is 3. The summed E-state index contributed by atoms with van der Waals surface area (Å²) in [7, 11) is -3.03. The zero-order valence-corrected chi connectivity index (χ0v) is 22.2. The van der Waals surface area contributed by atoms with E-state index in [0.29, 0.717) is 22.2 Å². The predicted octanol–water partition coefficient (Wildman–Crippen LogP) is 5.81. The van der Waals surface area contributed by atoms with E-state index in [0.717, 1.165) is 11.6 Å². The van der Waals surface area contributed by atoms with Crippen LogP contribution in [0.2, 0.25) is 0 Å². The monoisotopic (exact) mass is 554 g/mol. The molecular weight excluding hydrogens is 529 g/mol. The second kappa shape index (κ2) is 9.37. The molecule has 1 heterocycles. The number of hydrogen-bond acceptors (Lipinski definition) is 5. The number of nitrogens with one attached hydrogen (secondary N) is 1. The Morgan fingerprint density at radius 1 is 1.03 bits per heavy atom. The van der Waals surface area contributed by atoms with Gasteiger partial charge in [0.2, 0.25) is 5.91 Å². The first kappa shape index (κ1) is 26.7. The fraction of sp³-hybridized carbons (Fsp3) is 0.241. The zero-order valence-electron chi connectivity index (χ0n) is 21.3. The summed E-state index contributed by atoms with van der Waals surface area (Å²) in [6, 6.07) is 17.9. The first-order valence-electron chi connectivity index (χ1n) is 12.1. The van der Waals surface area contributed by atoms with Crippen molar-refractivity contribution in [1.82, 2.24) is 9.71 Å². The Morgan fingerprint density at radius 3 is 2.49 bits per heavy atom. The molecular formula is C29H25F3N2O4S. The van der Waals surface area contributed by atoms with Crippen LogP contribution in [0.4, 0.5) is 13.2 Å². The number of alkyl halides is 3. The van der Waals surface area contributed by atoms with Crippen molar-refractivity contribution in [2.75, 3.05) is 7.11 Å². The van der Waals surface area contributed by atoms with Crippen LogP contribution in [-0.2, 0) is 26.4 Å². The Bertz CT molecular complexity index is 1720. The van der Waals surface area contributed by atoms with Crippen molar-refractivity contribution in [2.24, 2.45) is 0 Å². The summed E-state index contributed by atoms with van der Waals surface area (Å²) in [5.41, 5.74) is -0.355. The van der Waals surface area contributed by atoms with Gasteiger partial charge in [-0.1, -0.05) is 42.0 Å². The van der Waals surface area contributed by atoms with Crippen molar-refractivity contribution in [1.29, 1.82) is 0 Å². The minimum Gasteiger partial charge on any atom is -0.496 e. The third-order valence-electron chi connectivity index (χ3n) is 7.19. The van der Waals surface area contributed by atoms with Gasteiger partial charge in [0.1, 0.15) is 5.75 Å². The van der Waals surface area contributed by atoms with Gasteiger partial charge in [-0.2, -0.15) is 13.2 Å². The molecule has 0 radical (unpaired) electrons. The maximum Gasteiger partial charge on any atom is 0.416 e. The number of amides is 1. The molecule has 2 atom stereocenters. The fourth-order valence-corrected chi connectivity index (χ4v) is 6.53. The molecule has 5 rings (SSSR count). The third kappa shape index (κ3) is 4.63. The molecule has 1 fully saturated rings. The van der Waals surface area contributed by atoms with E-state index in [1.54, 1.807) is 50.2 Å². The summed E-state index contributed by atoms with van der Waals surface area (Å²) < 4.78 is 76.6. The number of benzene rings is 3. The molecule has 1 amide bonds. The molecule has 3 aromatic carbocycles. The Hall–Kier alpha value is -3.92. The second-order valence-electron chi connectivity index (χ2n) is 9.73. The van der Waals surface area contributed by atoms with Crippen LogP contribution in [0.1, 0.15) is 40.3 Å². The number of methoxy groups -OCH3 is 1. The fourth-order valence-electron chi connectivity index (χ4n) is 5.27. The lowest BCUT2D eigenvalue weighted by Crippen LogP contribution is -2.40. The van der Waals surface area contributed by atoms with E-state index >= 15 is 0 Å². The molecule has 0 bridgehead atoms. The average molecular weight is 555 g/mol. The average Bonchev–Trinajstić information content (AvgIpc) is 3.64. The highest BCUT2D eigenvalue weighted by Gasteiger charge is 2.64. The van der Waals surface area contributed by atoms with Gasteiger partial charge in [0.25, 0.3) is 10.0 Å². The van der Waals surface area contributed by atoms with E-state index in [-0.39, 0.29) is 22.6 Å². The standard InChI is InChI=1S/C29H25F3N2O4S/c1-17-11-14-25(38-3)22(15-17)28(16-23(28)19-7-4-5-8-21(19)29(30,31)32)27(35)34-39(36,37)26-10-6-9-24-20(26)13-12-18(2)33-24/h4-15,23H,16H2,1-3H3,(H,34,35)/t23-,28-/m1/s1. The Balaban J connectivity index is 1.63. The van der Waals surface area contributed by atoms with E-state index < -0.39 is 39.0 Å². The Morgan fingerprint density at radius 2 is 1.77 bits per heavy atom. The van der Waals surface area contributed by atoms with Gasteiger partial charge in [-0.15, -0.1) is 0 Å². The molecule has 39 heavy (non-hydrogen) atoms. The normalized spacial score (nSPS) is 19.1. The highest BCUT2D eigenvalue weighted by molar-refractivity contribution is 7.90. The van der Waals surface area contributed by atoms with Crippen molar-refractivity contribution in [2.45, 2.75) is 42.7 Å². The highest BCUT2D eigenvalue weighted by atomic mass is 32.2. The third-order valence-corrected chi connectivity index (χ3v) is 8.58. The van der Waals surface area contributed by atoms with Gasteiger partial charge in [0, 0.05) is 22.6 Å². The summed E-state index contributed by atoms with van der Waals surface area (Å²) in [5.74, 6) is -1.58. The van der Waals surface area contributed by atoms with Gasteiger partial charge in [-0.3, -0.25) is 9.78 Å². The molecule has 6 nitrogen and oxygen atoms in total. The molecule has 202 valence electrons. The van der Waals surface area contributed by atoms with E-state index in [2.05, 4.69) is 9.71 Å². The van der Waals surface area contributed by atoms with Crippen LogP contribution in [0.5, 0.6) is 5.75 Å². The number of nitrogens with zero attached hydrogens (tertiary/aromatic N) is 1. The molecule has 1 aliphatic rings. The number of aromatic nitrogens is 1. The van der Waals surface area contributed by atoms with Gasteiger partial charge in [0.05, 0.1) is 28.5 Å². The van der Waals surface area contributed by atoms with Crippen molar-refractivity contribution >= 4 is 26.8 Å². The lowest BCUT2D eigenvalue weighted by Gasteiger charge is -2.22. The van der Waals surface area contributed by atoms with Crippen LogP contribution in [0.3, 0.4) is 0 Å². The van der Waals surface area contributed by atoms with Crippen LogP contribution < -0.4 is 9.46 Å². The predicted molar refractivity (Wildman–Crippen MR) is 140 cm³/mol. The SMILES string of the molecule is COc1ccc(C)cc1[C@]1(C(=O)NS(=O)(=O)c2cccc3nc(C)ccc23)C[C@@H]1c1ccccc1C(F)(F)F. The number of rotatable bonds is 6. The minimum atomic E-state index is -4.65. The summed E-state index contributed by atoms with van der Waals surface area (Å²) in [4.78, 5) is 18.2. The van der Waals surface area contributed by atoms with Crippen LogP contribution in [0, 0.1) is 13.8 Å². The molecule has 1 aliphatic carbocycles. The van der Waals surface area contributed by atoms with Crippen molar-refractivity contribution < 1.29 is 31.1 Å². The number of carbonyl (C=O) groups is 1. The molecule has 1 N–H and O–H groups in total. The van der Waals surface area contributed by atoms with Crippen molar-refractivity contribution in [3.63, 3.8) is 0 Å². The lowest BCUT2D eigenvalue weighted by atomic mass is 9.87. The number of aryl methyl sites for hydroxylation is 2. The second-order valence-corrected chi connectivity index (χ2v) is 11.4. The van der Waals surface area contributed by atoms with Crippen LogP contribution in [0.25, 0.3) is 10.9 Å². The summed E-state index contributed by atoms with van der Waals surface area (Å²) in [5, 5.41) is 0.320. The highest BCUT2D eigenvalue weighted by Crippen LogP contribution is 2.64. The van der Waals surface area contributed by atoms with Crippen molar-refractivity contribution in [3.8, 4) is 5.75 Å². The molecule has 4 aromatic rings. The maximum atomic E-state index is 14.0. The molecule has 0 unspecified atom stereocenters. The van der Waals surface area contributed by atoms with Crippen LogP contribution >= 0.6 is 0 Å². The smallest absolute Gasteiger partial charge is 0.416 e. The Kier molecular flexibility index (Phi) is 6.41. The molecule has 1 saturated carbocycles. The number of carbonyl (C=O) groups excluding carboxylic acids is 1. The molecule has 0 spiro atoms. The largest absolute Gasteiger partial charge is 0.496 e. The molecule has 0 aliphatic heterocycles. The van der Waals surface area contributed by atoms with Crippen LogP contribution in [0.15, 0.2) is 77.7 Å². The van der Waals surface area contributed by atoms with E-state index in [1.807, 2.05) is 0 Å². The number of fused-ring (bicyclic) bond motifs is 1. The molecule has 10 heteroatoms. The number of ether oxygens (including phenoxy) is 1. The van der Waals surface area contributed by atoms with Gasteiger partial charge in [-0.05, 0) is 62.2 Å². The molecule has 0 saturated heterocycles. The van der Waals surface area contributed by atoms with Crippen molar-refractivity contribution in [3.05, 3.63) is 101 Å². The lowest BCUT2D eigenvalue weighted by molar-refractivity contribution is -0.138. The quantitative estimate of drug-likeness (QED) is 0.325. The first-order valence-corrected chi connectivity index (χ1v) is 13.6. The summed E-state index contributed by atoms with van der Waals surface area (Å²) >= 11 is 0. The van der Waals surface area contributed by atoms with Gasteiger partial charge in [0.15, 0.2) is 0 Å². The van der Waals surface area contributed by atoms with E-state index in [1.165, 1.54) is 37.4 Å². The maximum absolute atomic E-state index is 14.0.